The predicted octanol–water partition coefficient (Wildman–Crippen LogP) is 1.13. The molecule has 1 aliphatic heterocycles. The Morgan fingerprint density at radius 2 is 2.19 bits per heavy atom. The number of aromatic nitrogens is 1. The number of nitrogen functional groups attached to an aromatic ring is 1. The number of piperidine rings is 1. The summed E-state index contributed by atoms with van der Waals surface area (Å²) in [6.07, 6.45) is 4.69. The first-order valence-electron chi connectivity index (χ1n) is 7.43. The van der Waals surface area contributed by atoms with E-state index in [4.69, 9.17) is 5.73 Å². The number of carbonyl (C=O) groups excluding carboxylic acids is 2. The van der Waals surface area contributed by atoms with E-state index in [1.54, 1.807) is 4.90 Å². The van der Waals surface area contributed by atoms with E-state index in [9.17, 15) is 9.59 Å². The second-order valence-corrected chi connectivity index (χ2v) is 6.60. The van der Waals surface area contributed by atoms with Crippen LogP contribution in [0.15, 0.2) is 5.38 Å². The largest absolute Gasteiger partial charge is 0.375 e. The molecule has 2 heterocycles. The molecule has 1 aliphatic carbocycles. The van der Waals surface area contributed by atoms with Crippen LogP contribution in [0.4, 0.5) is 5.13 Å². The third-order valence-corrected chi connectivity index (χ3v) is 4.75. The molecule has 2 amide bonds. The number of anilines is 1. The summed E-state index contributed by atoms with van der Waals surface area (Å²) in [7, 11) is 0. The summed E-state index contributed by atoms with van der Waals surface area (Å²) in [6.45, 7) is 1.07. The van der Waals surface area contributed by atoms with Gasteiger partial charge in [-0.05, 0) is 32.1 Å². The quantitative estimate of drug-likeness (QED) is 0.873. The Balaban J connectivity index is 1.59. The van der Waals surface area contributed by atoms with Gasteiger partial charge in [0.1, 0.15) is 6.04 Å². The van der Waals surface area contributed by atoms with E-state index in [1.165, 1.54) is 11.3 Å². The molecule has 1 aromatic heterocycles. The highest BCUT2D eigenvalue weighted by atomic mass is 32.1. The summed E-state index contributed by atoms with van der Waals surface area (Å²) < 4.78 is 0. The lowest BCUT2D eigenvalue weighted by Crippen LogP contribution is -2.52. The second-order valence-electron chi connectivity index (χ2n) is 5.71. The van der Waals surface area contributed by atoms with E-state index < -0.39 is 0 Å². The molecule has 0 radical (unpaired) electrons. The van der Waals surface area contributed by atoms with E-state index >= 15 is 0 Å². The molecule has 2 aliphatic rings. The Morgan fingerprint density at radius 1 is 1.38 bits per heavy atom. The first kappa shape index (κ1) is 14.3. The minimum absolute atomic E-state index is 0.0738. The van der Waals surface area contributed by atoms with Gasteiger partial charge in [-0.1, -0.05) is 0 Å². The van der Waals surface area contributed by atoms with Crippen molar-refractivity contribution in [1.82, 2.24) is 15.2 Å². The molecule has 0 unspecified atom stereocenters. The summed E-state index contributed by atoms with van der Waals surface area (Å²) in [5.41, 5.74) is 6.34. The summed E-state index contributed by atoms with van der Waals surface area (Å²) >= 11 is 1.36. The summed E-state index contributed by atoms with van der Waals surface area (Å²) in [6, 6.07) is -0.317. The average Bonchev–Trinajstić information content (AvgIpc) is 3.27. The van der Waals surface area contributed by atoms with Gasteiger partial charge in [-0.2, -0.15) is 0 Å². The Labute approximate surface area is 127 Å². The third kappa shape index (κ3) is 3.34. The zero-order valence-corrected chi connectivity index (χ0v) is 12.7. The van der Waals surface area contributed by atoms with Gasteiger partial charge in [0.2, 0.25) is 11.8 Å². The Bertz CT molecular complexity index is 541. The number of likely N-dealkylation sites (tertiary alicyclic amines) is 1. The van der Waals surface area contributed by atoms with E-state index in [1.807, 2.05) is 5.38 Å². The van der Waals surface area contributed by atoms with Crippen molar-refractivity contribution in [3.8, 4) is 0 Å². The van der Waals surface area contributed by atoms with E-state index in [2.05, 4.69) is 10.3 Å². The molecular formula is C14H20N4O2S. The van der Waals surface area contributed by atoms with E-state index in [0.717, 1.165) is 37.8 Å². The van der Waals surface area contributed by atoms with Gasteiger partial charge in [-0.3, -0.25) is 9.59 Å². The first-order valence-corrected chi connectivity index (χ1v) is 8.31. The van der Waals surface area contributed by atoms with Gasteiger partial charge in [0, 0.05) is 17.8 Å². The lowest BCUT2D eigenvalue weighted by atomic mass is 10.0. The number of nitrogens with one attached hydrogen (secondary N) is 1. The van der Waals surface area contributed by atoms with Gasteiger partial charge in [-0.15, -0.1) is 11.3 Å². The maximum Gasteiger partial charge on any atom is 0.243 e. The molecule has 0 bridgehead atoms. The zero-order chi connectivity index (χ0) is 14.8. The highest BCUT2D eigenvalue weighted by Gasteiger charge is 2.39. The minimum Gasteiger partial charge on any atom is -0.375 e. The van der Waals surface area contributed by atoms with Crippen molar-refractivity contribution in [3.63, 3.8) is 0 Å². The minimum atomic E-state index is -0.317. The number of thiazole rings is 1. The van der Waals surface area contributed by atoms with Crippen molar-refractivity contribution in [3.05, 3.63) is 11.1 Å². The van der Waals surface area contributed by atoms with Crippen molar-refractivity contribution in [1.29, 1.82) is 0 Å². The molecule has 21 heavy (non-hydrogen) atoms. The number of hydrogen-bond donors (Lipinski definition) is 2. The number of carbonyl (C=O) groups is 2. The molecule has 6 nitrogen and oxygen atoms in total. The summed E-state index contributed by atoms with van der Waals surface area (Å²) in [5, 5.41) is 5.22. The lowest BCUT2D eigenvalue weighted by Gasteiger charge is -2.34. The van der Waals surface area contributed by atoms with Gasteiger partial charge in [0.05, 0.1) is 12.2 Å². The van der Waals surface area contributed by atoms with Crippen LogP contribution in [0.1, 0.15) is 37.8 Å². The van der Waals surface area contributed by atoms with Crippen LogP contribution in [0.5, 0.6) is 0 Å². The molecule has 114 valence electrons. The third-order valence-electron chi connectivity index (χ3n) is 4.03. The highest BCUT2D eigenvalue weighted by molar-refractivity contribution is 7.13. The Hall–Kier alpha value is -1.63. The second kappa shape index (κ2) is 6.01. The van der Waals surface area contributed by atoms with Crippen LogP contribution >= 0.6 is 11.3 Å². The molecule has 1 atom stereocenters. The molecule has 2 fully saturated rings. The summed E-state index contributed by atoms with van der Waals surface area (Å²) in [5.74, 6) is 0.250. The molecule has 1 saturated heterocycles. The molecular weight excluding hydrogens is 288 g/mol. The zero-order valence-electron chi connectivity index (χ0n) is 11.9. The van der Waals surface area contributed by atoms with Crippen molar-refractivity contribution in [2.24, 2.45) is 5.92 Å². The van der Waals surface area contributed by atoms with Crippen molar-refractivity contribution in [2.45, 2.75) is 44.7 Å². The average molecular weight is 308 g/mol. The van der Waals surface area contributed by atoms with Crippen LogP contribution in [0.25, 0.3) is 0 Å². The van der Waals surface area contributed by atoms with Gasteiger partial charge < -0.3 is 16.0 Å². The fraction of sp³-hybridized carbons (Fsp3) is 0.643. The van der Waals surface area contributed by atoms with Crippen molar-refractivity contribution in [2.75, 3.05) is 12.3 Å². The number of nitrogens with two attached hydrogens (primary N) is 1. The van der Waals surface area contributed by atoms with Gasteiger partial charge in [-0.25, -0.2) is 4.98 Å². The normalized spacial score (nSPS) is 22.1. The van der Waals surface area contributed by atoms with E-state index in [-0.39, 0.29) is 23.8 Å². The van der Waals surface area contributed by atoms with Crippen LogP contribution in [-0.4, -0.2) is 34.3 Å². The lowest BCUT2D eigenvalue weighted by molar-refractivity contribution is -0.143. The van der Waals surface area contributed by atoms with Crippen LogP contribution < -0.4 is 11.1 Å². The summed E-state index contributed by atoms with van der Waals surface area (Å²) in [4.78, 5) is 30.6. The Kier molecular flexibility index (Phi) is 4.10. The van der Waals surface area contributed by atoms with Crippen LogP contribution in [-0.2, 0) is 16.1 Å². The van der Waals surface area contributed by atoms with Crippen LogP contribution in [0.3, 0.4) is 0 Å². The maximum absolute atomic E-state index is 12.4. The molecule has 1 aromatic rings. The Morgan fingerprint density at radius 3 is 2.86 bits per heavy atom. The molecule has 3 N–H and O–H groups in total. The first-order chi connectivity index (χ1) is 10.1. The van der Waals surface area contributed by atoms with Gasteiger partial charge in [0.25, 0.3) is 0 Å². The van der Waals surface area contributed by atoms with E-state index in [0.29, 0.717) is 18.2 Å². The molecule has 0 aromatic carbocycles. The standard InChI is InChI=1S/C14H20N4O2S/c15-14-17-10(8-21-14)7-16-12(19)11-3-1-2-6-18(11)13(20)9-4-5-9/h8-9,11H,1-7H2,(H2,15,17)(H,16,19)/t11-/m1/s1. The molecule has 7 heteroatoms. The fourth-order valence-electron chi connectivity index (χ4n) is 2.73. The highest BCUT2D eigenvalue weighted by Crippen LogP contribution is 2.33. The predicted molar refractivity (Wildman–Crippen MR) is 80.4 cm³/mol. The molecule has 3 rings (SSSR count). The monoisotopic (exact) mass is 308 g/mol. The van der Waals surface area contributed by atoms with Gasteiger partial charge in [0.15, 0.2) is 5.13 Å². The smallest absolute Gasteiger partial charge is 0.243 e. The maximum atomic E-state index is 12.4. The SMILES string of the molecule is Nc1nc(CNC(=O)[C@H]2CCCCN2C(=O)C2CC2)cs1. The number of amides is 2. The fourth-order valence-corrected chi connectivity index (χ4v) is 3.29. The number of rotatable bonds is 4. The molecule has 0 spiro atoms. The number of nitrogens with zero attached hydrogens (tertiary/aromatic N) is 2. The molecule has 1 saturated carbocycles. The number of hydrogen-bond acceptors (Lipinski definition) is 5. The van der Waals surface area contributed by atoms with Crippen LogP contribution in [0, 0.1) is 5.92 Å². The van der Waals surface area contributed by atoms with Crippen molar-refractivity contribution < 1.29 is 9.59 Å². The van der Waals surface area contributed by atoms with Crippen LogP contribution in [0.2, 0.25) is 0 Å². The van der Waals surface area contributed by atoms with Gasteiger partial charge >= 0.3 is 0 Å². The topological polar surface area (TPSA) is 88.3 Å². The van der Waals surface area contributed by atoms with Crippen molar-refractivity contribution >= 4 is 28.3 Å².